The molecule has 0 aliphatic heterocycles. The van der Waals surface area contributed by atoms with Gasteiger partial charge < -0.3 is 9.47 Å². The Balaban J connectivity index is 1.76. The minimum absolute atomic E-state index is 0.146. The van der Waals surface area contributed by atoms with Crippen molar-refractivity contribution in [1.82, 2.24) is 0 Å². The average Bonchev–Trinajstić information content (AvgIpc) is 3.75. The summed E-state index contributed by atoms with van der Waals surface area (Å²) in [7, 11) is 0. The Hall–Kier alpha value is -7.68. The number of nitriles is 2. The van der Waals surface area contributed by atoms with Crippen molar-refractivity contribution in [2.75, 3.05) is 0 Å². The van der Waals surface area contributed by atoms with Crippen LogP contribution in [0, 0.1) is 47.4 Å². The summed E-state index contributed by atoms with van der Waals surface area (Å²) in [6.45, 7) is 15.8. The smallest absolute Gasteiger partial charge is 0.406 e. The summed E-state index contributed by atoms with van der Waals surface area (Å²) < 4.78 is 117. The predicted octanol–water partition coefficient (Wildman–Crippen LogP) is 10.0. The number of ether oxygens (including phenoxy) is 2. The first-order chi connectivity index (χ1) is 27.6. The van der Waals surface area contributed by atoms with Crippen molar-refractivity contribution in [1.29, 1.82) is 10.5 Å². The molecule has 0 amide bonds. The molecule has 5 aromatic carbocycles. The van der Waals surface area contributed by atoms with Gasteiger partial charge in [0.1, 0.15) is 54.0 Å². The van der Waals surface area contributed by atoms with Crippen molar-refractivity contribution in [2.45, 2.75) is 25.6 Å². The van der Waals surface area contributed by atoms with Crippen molar-refractivity contribution in [3.63, 3.8) is 0 Å². The fourth-order valence-electron chi connectivity index (χ4n) is 7.47. The summed E-state index contributed by atoms with van der Waals surface area (Å²) >= 11 is 0. The summed E-state index contributed by atoms with van der Waals surface area (Å²) in [6, 6.07) is 23.9. The van der Waals surface area contributed by atoms with Crippen molar-refractivity contribution in [3.8, 4) is 45.9 Å². The molecular weight excluding hydrogens is 768 g/mol. The average molecular weight is 789 g/mol. The van der Waals surface area contributed by atoms with Gasteiger partial charge in [-0.2, -0.15) is 20.2 Å². The largest absolute Gasteiger partial charge is 0.573 e. The maximum absolute atomic E-state index is 14.4. The first kappa shape index (κ1) is 38.6. The molecule has 0 N–H and O–H groups in total. The zero-order chi connectivity index (χ0) is 41.5. The van der Waals surface area contributed by atoms with Crippen molar-refractivity contribution in [2.24, 2.45) is 0 Å². The standard InChI is InChI=1S/C44H20F8N4O2/c1-55-42(56-2)35-20-34-38(26-9-17-31(18-10-26)58-44(50,51)52)40-33(19-32(27(21-53)22-54)36(40)23-3-11-28(45)12-4-23)37(25-7-15-30(16-8-25)57-43(47,48)49)41(34)39(35)24-5-13-29(46)14-6-24/h3-18H,19-20H2. The van der Waals surface area contributed by atoms with E-state index in [-0.39, 0.29) is 41.0 Å². The molecule has 0 saturated carbocycles. The van der Waals surface area contributed by atoms with Crippen LogP contribution in [0.3, 0.4) is 0 Å². The van der Waals surface area contributed by atoms with Crippen LogP contribution in [0.1, 0.15) is 22.3 Å². The lowest BCUT2D eigenvalue weighted by atomic mass is 9.86. The first-order valence-electron chi connectivity index (χ1n) is 16.9. The number of rotatable bonds is 6. The highest BCUT2D eigenvalue weighted by atomic mass is 19.4. The molecule has 7 rings (SSSR count). The SMILES string of the molecule is [C-]#[N+]C([N+]#[C-])=C1Cc2c(-c3ccc(OC(F)(F)F)cc3)c3c(c(-c4ccc(OC(F)(F)F)cc4)c2=C1c1ccc(F)cc1)CC(=C(C#N)C#N)C=3c1ccc(F)cc1. The van der Waals surface area contributed by atoms with Crippen LogP contribution in [0.15, 0.2) is 120 Å². The van der Waals surface area contributed by atoms with Crippen LogP contribution >= 0.6 is 0 Å². The second-order valence-electron chi connectivity index (χ2n) is 12.8. The molecule has 14 heteroatoms. The molecule has 6 nitrogen and oxygen atoms in total. The molecule has 2 aliphatic carbocycles. The van der Waals surface area contributed by atoms with Crippen LogP contribution in [0.2, 0.25) is 0 Å². The first-order valence-corrected chi connectivity index (χ1v) is 16.9. The van der Waals surface area contributed by atoms with E-state index in [1.165, 1.54) is 48.5 Å². The fraction of sp³-hybridized carbons (Fsp3) is 0.0909. The fourth-order valence-corrected chi connectivity index (χ4v) is 7.47. The molecule has 0 unspecified atom stereocenters. The number of fused-ring (bicyclic) bond motifs is 2. The molecule has 0 saturated heterocycles. The van der Waals surface area contributed by atoms with E-state index in [0.717, 1.165) is 48.5 Å². The number of halogens is 8. The van der Waals surface area contributed by atoms with Crippen LogP contribution in [-0.2, 0) is 12.8 Å². The van der Waals surface area contributed by atoms with Crippen molar-refractivity contribution >= 4 is 11.1 Å². The molecule has 0 spiro atoms. The third-order valence-electron chi connectivity index (χ3n) is 9.54. The van der Waals surface area contributed by atoms with Crippen molar-refractivity contribution < 1.29 is 44.6 Å². The highest BCUT2D eigenvalue weighted by Gasteiger charge is 2.37. The molecule has 284 valence electrons. The summed E-state index contributed by atoms with van der Waals surface area (Å²) in [4.78, 5) is 6.96. The van der Waals surface area contributed by atoms with E-state index >= 15 is 0 Å². The summed E-state index contributed by atoms with van der Waals surface area (Å²) in [6.07, 6.45) is -10.3. The molecule has 0 aromatic heterocycles. The molecule has 0 atom stereocenters. The lowest BCUT2D eigenvalue weighted by Crippen LogP contribution is -2.25. The van der Waals surface area contributed by atoms with E-state index in [0.29, 0.717) is 60.5 Å². The Labute approximate surface area is 324 Å². The number of nitrogens with zero attached hydrogens (tertiary/aromatic N) is 4. The molecule has 0 bridgehead atoms. The van der Waals surface area contributed by atoms with E-state index < -0.39 is 35.9 Å². The molecule has 0 fully saturated rings. The van der Waals surface area contributed by atoms with Gasteiger partial charge in [0.15, 0.2) is 0 Å². The topological polar surface area (TPSA) is 74.8 Å². The minimum Gasteiger partial charge on any atom is -0.406 e. The van der Waals surface area contributed by atoms with Gasteiger partial charge in [-0.25, -0.2) is 8.78 Å². The van der Waals surface area contributed by atoms with Gasteiger partial charge in [0.25, 0.3) is 0 Å². The predicted molar refractivity (Wildman–Crippen MR) is 194 cm³/mol. The minimum atomic E-state index is -5.02. The Morgan fingerprint density at radius 2 is 0.879 bits per heavy atom. The molecule has 5 aromatic rings. The van der Waals surface area contributed by atoms with Crippen LogP contribution in [0.25, 0.3) is 43.1 Å². The number of benzene rings is 5. The highest BCUT2D eigenvalue weighted by molar-refractivity contribution is 5.98. The second kappa shape index (κ2) is 14.8. The van der Waals surface area contributed by atoms with Gasteiger partial charge >= 0.3 is 18.5 Å². The van der Waals surface area contributed by atoms with Gasteiger partial charge in [-0.15, -0.1) is 26.3 Å². The number of allylic oxidation sites excluding steroid dienone is 3. The third-order valence-corrected chi connectivity index (χ3v) is 9.54. The summed E-state index contributed by atoms with van der Waals surface area (Å²) in [5.41, 5.74) is 3.47. The van der Waals surface area contributed by atoms with E-state index in [1.54, 1.807) is 0 Å². The summed E-state index contributed by atoms with van der Waals surface area (Å²) in [5.74, 6) is -2.66. The Bertz CT molecular complexity index is 2650. The molecule has 0 heterocycles. The molecular formula is C44H20F8N4O2. The number of hydrogen-bond donors (Lipinski definition) is 0. The van der Waals surface area contributed by atoms with E-state index in [2.05, 4.69) is 19.2 Å². The van der Waals surface area contributed by atoms with Gasteiger partial charge in [0, 0.05) is 6.42 Å². The Morgan fingerprint density at radius 1 is 0.534 bits per heavy atom. The van der Waals surface area contributed by atoms with Gasteiger partial charge in [-0.3, -0.25) is 0 Å². The maximum Gasteiger partial charge on any atom is 0.573 e. The number of alkyl halides is 6. The monoisotopic (exact) mass is 788 g/mol. The van der Waals surface area contributed by atoms with Gasteiger partial charge in [-0.1, -0.05) is 48.5 Å². The molecule has 58 heavy (non-hydrogen) atoms. The van der Waals surface area contributed by atoms with E-state index in [9.17, 15) is 45.6 Å². The normalized spacial score (nSPS) is 13.2. The Morgan fingerprint density at radius 3 is 1.22 bits per heavy atom. The van der Waals surface area contributed by atoms with E-state index in [4.69, 9.17) is 13.1 Å². The highest BCUT2D eigenvalue weighted by Crippen LogP contribution is 2.43. The van der Waals surface area contributed by atoms with Crippen LogP contribution in [0.5, 0.6) is 11.5 Å². The Kier molecular flexibility index (Phi) is 9.82. The van der Waals surface area contributed by atoms with Crippen LogP contribution in [0.4, 0.5) is 35.1 Å². The van der Waals surface area contributed by atoms with Gasteiger partial charge in [0.05, 0.1) is 5.57 Å². The van der Waals surface area contributed by atoms with Gasteiger partial charge in [0.2, 0.25) is 0 Å². The third kappa shape index (κ3) is 7.23. The summed E-state index contributed by atoms with van der Waals surface area (Å²) in [5, 5.41) is 21.1. The quantitative estimate of drug-likeness (QED) is 0.0976. The second-order valence-corrected chi connectivity index (χ2v) is 12.8. The molecule has 0 radical (unpaired) electrons. The number of hydrogen-bond acceptors (Lipinski definition) is 4. The maximum atomic E-state index is 14.4. The zero-order valence-electron chi connectivity index (χ0n) is 29.3. The van der Waals surface area contributed by atoms with Crippen molar-refractivity contribution in [3.05, 3.63) is 187 Å². The molecule has 2 aliphatic rings. The lowest BCUT2D eigenvalue weighted by molar-refractivity contribution is -0.275. The zero-order valence-corrected chi connectivity index (χ0v) is 29.3. The van der Waals surface area contributed by atoms with Gasteiger partial charge in [-0.05, 0) is 127 Å². The lowest BCUT2D eigenvalue weighted by Gasteiger charge is -2.18. The van der Waals surface area contributed by atoms with E-state index in [1.807, 2.05) is 12.1 Å². The van der Waals surface area contributed by atoms with Crippen LogP contribution in [-0.4, -0.2) is 12.7 Å². The van der Waals surface area contributed by atoms with Crippen LogP contribution < -0.4 is 19.9 Å².